The third kappa shape index (κ3) is 6.08. The van der Waals surface area contributed by atoms with Gasteiger partial charge in [0.15, 0.2) is 0 Å². The fourth-order valence-corrected chi connectivity index (χ4v) is 4.51. The molecule has 0 atom stereocenters. The van der Waals surface area contributed by atoms with E-state index in [2.05, 4.69) is 18.2 Å². The molecular weight excluding hydrogens is 389 g/mol. The Balaban J connectivity index is 0.00000169. The van der Waals surface area contributed by atoms with Crippen molar-refractivity contribution < 1.29 is 4.79 Å². The van der Waals surface area contributed by atoms with Crippen LogP contribution < -0.4 is 5.73 Å². The van der Waals surface area contributed by atoms with Gasteiger partial charge in [0.2, 0.25) is 5.91 Å². The molecule has 0 aliphatic carbocycles. The van der Waals surface area contributed by atoms with Crippen molar-refractivity contribution in [2.24, 2.45) is 5.73 Å². The van der Waals surface area contributed by atoms with E-state index in [1.807, 2.05) is 22.3 Å². The van der Waals surface area contributed by atoms with Crippen molar-refractivity contribution in [1.29, 1.82) is 0 Å². The van der Waals surface area contributed by atoms with E-state index in [-0.39, 0.29) is 24.8 Å². The normalized spacial score (nSPS) is 14.7. The van der Waals surface area contributed by atoms with E-state index < -0.39 is 0 Å². The van der Waals surface area contributed by atoms with E-state index in [1.54, 1.807) is 0 Å². The van der Waals surface area contributed by atoms with Gasteiger partial charge in [-0.2, -0.15) is 0 Å². The number of para-hydroxylation sites is 1. The van der Waals surface area contributed by atoms with Crippen LogP contribution >= 0.6 is 36.2 Å². The molecule has 0 radical (unpaired) electrons. The second-order valence-corrected chi connectivity index (χ2v) is 7.69. The van der Waals surface area contributed by atoms with Crippen LogP contribution in [0.1, 0.15) is 55.9 Å². The molecule has 1 aliphatic heterocycles. The Morgan fingerprint density at radius 2 is 1.81 bits per heavy atom. The zero-order valence-corrected chi connectivity index (χ0v) is 17.5. The first-order valence-corrected chi connectivity index (χ1v) is 9.93. The zero-order chi connectivity index (χ0) is 16.8. The molecule has 1 fully saturated rings. The van der Waals surface area contributed by atoms with Crippen LogP contribution in [-0.2, 0) is 4.79 Å². The molecule has 7 heteroatoms. The number of fused-ring (bicyclic) bond motifs is 1. The number of nitrogens with two attached hydrogens (primary N) is 1. The molecule has 1 aliphatic rings. The Morgan fingerprint density at radius 3 is 2.50 bits per heavy atom. The monoisotopic (exact) mass is 417 g/mol. The van der Waals surface area contributed by atoms with Crippen LogP contribution in [0.25, 0.3) is 10.2 Å². The number of halogens is 2. The molecule has 2 heterocycles. The Bertz CT molecular complexity index is 639. The van der Waals surface area contributed by atoms with Crippen molar-refractivity contribution >= 4 is 52.3 Å². The molecule has 3 rings (SSSR count). The molecule has 1 aromatic heterocycles. The largest absolute Gasteiger partial charge is 0.343 e. The lowest BCUT2D eigenvalue weighted by atomic mass is 9.97. The Kier molecular flexibility index (Phi) is 10.5. The predicted octanol–water partition coefficient (Wildman–Crippen LogP) is 4.76. The maximum absolute atomic E-state index is 12.3. The lowest BCUT2D eigenvalue weighted by Crippen LogP contribution is -2.37. The molecule has 0 spiro atoms. The van der Waals surface area contributed by atoms with E-state index in [9.17, 15) is 4.79 Å². The first-order chi connectivity index (χ1) is 11.8. The summed E-state index contributed by atoms with van der Waals surface area (Å²) in [5.74, 6) is 0.835. The summed E-state index contributed by atoms with van der Waals surface area (Å²) < 4.78 is 1.27. The lowest BCUT2D eigenvalue weighted by Gasteiger charge is -2.31. The minimum Gasteiger partial charge on any atom is -0.343 e. The minimum absolute atomic E-state index is 0. The molecule has 1 aromatic carbocycles. The van der Waals surface area contributed by atoms with Crippen molar-refractivity contribution in [2.75, 3.05) is 19.6 Å². The summed E-state index contributed by atoms with van der Waals surface area (Å²) in [5.41, 5.74) is 6.60. The number of piperidine rings is 1. The van der Waals surface area contributed by atoms with E-state index in [0.717, 1.165) is 63.7 Å². The van der Waals surface area contributed by atoms with Gasteiger partial charge in [0.25, 0.3) is 0 Å². The molecule has 0 bridgehead atoms. The highest BCUT2D eigenvalue weighted by Crippen LogP contribution is 2.33. The van der Waals surface area contributed by atoms with Crippen LogP contribution in [-0.4, -0.2) is 35.4 Å². The van der Waals surface area contributed by atoms with E-state index in [1.165, 1.54) is 9.71 Å². The Morgan fingerprint density at radius 1 is 1.12 bits per heavy atom. The molecule has 1 amide bonds. The van der Waals surface area contributed by atoms with Crippen LogP contribution in [0.2, 0.25) is 0 Å². The number of aromatic nitrogens is 1. The summed E-state index contributed by atoms with van der Waals surface area (Å²) >= 11 is 1.81. The number of rotatable bonds is 7. The third-order valence-corrected chi connectivity index (χ3v) is 6.05. The number of carbonyl (C=O) groups excluding carboxylic acids is 1. The Hall–Kier alpha value is -0.880. The van der Waals surface area contributed by atoms with Crippen molar-refractivity contribution in [3.63, 3.8) is 0 Å². The molecule has 0 saturated carbocycles. The summed E-state index contributed by atoms with van der Waals surface area (Å²) in [4.78, 5) is 19.1. The van der Waals surface area contributed by atoms with Crippen LogP contribution in [0, 0.1) is 0 Å². The van der Waals surface area contributed by atoms with Gasteiger partial charge in [-0.05, 0) is 44.4 Å². The quantitative estimate of drug-likeness (QED) is 0.660. The SMILES string of the molecule is Cl.Cl.NCCCCCCC(=O)N1CCC(c2nc3ccccc3s2)CC1. The van der Waals surface area contributed by atoms with Crippen LogP contribution in [0.3, 0.4) is 0 Å². The van der Waals surface area contributed by atoms with Gasteiger partial charge < -0.3 is 10.6 Å². The number of amides is 1. The molecule has 26 heavy (non-hydrogen) atoms. The highest BCUT2D eigenvalue weighted by molar-refractivity contribution is 7.18. The predicted molar refractivity (Wildman–Crippen MR) is 115 cm³/mol. The van der Waals surface area contributed by atoms with E-state index in [0.29, 0.717) is 18.2 Å². The smallest absolute Gasteiger partial charge is 0.222 e. The maximum atomic E-state index is 12.3. The topological polar surface area (TPSA) is 59.2 Å². The lowest BCUT2D eigenvalue weighted by molar-refractivity contribution is -0.132. The highest BCUT2D eigenvalue weighted by atomic mass is 35.5. The zero-order valence-electron chi connectivity index (χ0n) is 15.1. The van der Waals surface area contributed by atoms with Gasteiger partial charge in [-0.1, -0.05) is 25.0 Å². The fraction of sp³-hybridized carbons (Fsp3) is 0.579. The number of likely N-dealkylation sites (tertiary alicyclic amines) is 1. The fourth-order valence-electron chi connectivity index (χ4n) is 3.37. The van der Waals surface area contributed by atoms with Crippen molar-refractivity contribution in [1.82, 2.24) is 9.88 Å². The summed E-state index contributed by atoms with van der Waals surface area (Å²) in [7, 11) is 0. The molecule has 146 valence electrons. The van der Waals surface area contributed by atoms with E-state index in [4.69, 9.17) is 10.7 Å². The first kappa shape index (κ1) is 23.2. The van der Waals surface area contributed by atoms with Gasteiger partial charge in [-0.15, -0.1) is 36.2 Å². The summed E-state index contributed by atoms with van der Waals surface area (Å²) in [6, 6.07) is 8.33. The summed E-state index contributed by atoms with van der Waals surface area (Å²) in [5, 5.41) is 1.24. The van der Waals surface area contributed by atoms with Gasteiger partial charge >= 0.3 is 0 Å². The third-order valence-electron chi connectivity index (χ3n) is 4.85. The summed E-state index contributed by atoms with van der Waals surface area (Å²) in [6.07, 6.45) is 7.10. The van der Waals surface area contributed by atoms with Crippen molar-refractivity contribution in [3.8, 4) is 0 Å². The first-order valence-electron chi connectivity index (χ1n) is 9.11. The average Bonchev–Trinajstić information content (AvgIpc) is 3.05. The summed E-state index contributed by atoms with van der Waals surface area (Å²) in [6.45, 7) is 2.51. The van der Waals surface area contributed by atoms with Crippen molar-refractivity contribution in [2.45, 2.75) is 50.9 Å². The second kappa shape index (κ2) is 11.8. The minimum atomic E-state index is 0. The molecule has 2 N–H and O–H groups in total. The maximum Gasteiger partial charge on any atom is 0.222 e. The van der Waals surface area contributed by atoms with Gasteiger partial charge in [0.05, 0.1) is 15.2 Å². The Labute approximate surface area is 172 Å². The van der Waals surface area contributed by atoms with Crippen LogP contribution in [0.15, 0.2) is 24.3 Å². The molecule has 1 saturated heterocycles. The second-order valence-electron chi connectivity index (χ2n) is 6.63. The number of hydrogen-bond donors (Lipinski definition) is 1. The number of carbonyl (C=O) groups is 1. The van der Waals surface area contributed by atoms with Crippen molar-refractivity contribution in [3.05, 3.63) is 29.3 Å². The van der Waals surface area contributed by atoms with Crippen LogP contribution in [0.4, 0.5) is 0 Å². The molecule has 4 nitrogen and oxygen atoms in total. The van der Waals surface area contributed by atoms with Gasteiger partial charge in [-0.25, -0.2) is 4.98 Å². The highest BCUT2D eigenvalue weighted by Gasteiger charge is 2.25. The van der Waals surface area contributed by atoms with Gasteiger partial charge in [0, 0.05) is 25.4 Å². The number of unbranched alkanes of at least 4 members (excludes halogenated alkanes) is 3. The average molecular weight is 418 g/mol. The number of benzene rings is 1. The number of nitrogens with zero attached hydrogens (tertiary/aromatic N) is 2. The number of hydrogen-bond acceptors (Lipinski definition) is 4. The van der Waals surface area contributed by atoms with Gasteiger partial charge in [0.1, 0.15) is 0 Å². The standard InChI is InChI=1S/C19H27N3OS.2ClH/c20-12-6-2-1-3-9-18(23)22-13-10-15(11-14-22)19-21-16-7-4-5-8-17(16)24-19;;/h4-5,7-8,15H,1-3,6,9-14,20H2;2*1H. The molecule has 0 unspecified atom stereocenters. The molecule has 2 aromatic rings. The molecular formula is C19H29Cl2N3OS. The van der Waals surface area contributed by atoms with E-state index >= 15 is 0 Å². The number of thiazole rings is 1. The van der Waals surface area contributed by atoms with Gasteiger partial charge in [-0.3, -0.25) is 4.79 Å². The van der Waals surface area contributed by atoms with Crippen LogP contribution in [0.5, 0.6) is 0 Å².